The van der Waals surface area contributed by atoms with Gasteiger partial charge in [0.25, 0.3) is 0 Å². The molecular formula is C10H16O3. The van der Waals surface area contributed by atoms with Crippen LogP contribution in [-0.2, 0) is 9.47 Å². The number of ether oxygens (including phenoxy) is 2. The van der Waals surface area contributed by atoms with Gasteiger partial charge in [-0.25, -0.2) is 0 Å². The summed E-state index contributed by atoms with van der Waals surface area (Å²) in [6.45, 7) is -0.0274. The first-order valence-corrected chi connectivity index (χ1v) is 4.97. The lowest BCUT2D eigenvalue weighted by Gasteiger charge is -2.16. The molecule has 0 saturated carbocycles. The molecule has 3 atom stereocenters. The third kappa shape index (κ3) is 2.10. The highest BCUT2D eigenvalue weighted by Gasteiger charge is 2.34. The van der Waals surface area contributed by atoms with Gasteiger partial charge >= 0.3 is 0 Å². The largest absolute Gasteiger partial charge is 0.391 e. The molecule has 1 heterocycles. The van der Waals surface area contributed by atoms with E-state index < -0.39 is 0 Å². The second kappa shape index (κ2) is 4.22. The molecule has 1 aliphatic heterocycles. The Hall–Kier alpha value is -0.380. The normalized spacial score (nSPS) is 42.1. The summed E-state index contributed by atoms with van der Waals surface area (Å²) >= 11 is 0. The van der Waals surface area contributed by atoms with Gasteiger partial charge in [-0.2, -0.15) is 0 Å². The van der Waals surface area contributed by atoms with Crippen molar-refractivity contribution >= 4 is 0 Å². The molecule has 0 aromatic heterocycles. The van der Waals surface area contributed by atoms with Crippen LogP contribution in [0.3, 0.4) is 0 Å². The molecule has 3 nitrogen and oxygen atoms in total. The maximum Gasteiger partial charge on any atom is 0.181 e. The van der Waals surface area contributed by atoms with Crippen LogP contribution in [0.5, 0.6) is 0 Å². The fourth-order valence-electron chi connectivity index (χ4n) is 1.95. The van der Waals surface area contributed by atoms with Crippen LogP contribution >= 0.6 is 0 Å². The molecule has 1 N–H and O–H groups in total. The van der Waals surface area contributed by atoms with Crippen molar-refractivity contribution in [3.8, 4) is 0 Å². The molecule has 1 aliphatic carbocycles. The third-order valence-corrected chi connectivity index (χ3v) is 2.62. The predicted molar refractivity (Wildman–Crippen MR) is 48.2 cm³/mol. The van der Waals surface area contributed by atoms with Crippen molar-refractivity contribution in [1.29, 1.82) is 0 Å². The van der Waals surface area contributed by atoms with Gasteiger partial charge in [-0.1, -0.05) is 12.2 Å². The minimum Gasteiger partial charge on any atom is -0.391 e. The van der Waals surface area contributed by atoms with E-state index in [1.165, 1.54) is 0 Å². The van der Waals surface area contributed by atoms with Gasteiger partial charge in [-0.3, -0.25) is 0 Å². The van der Waals surface area contributed by atoms with Crippen molar-refractivity contribution < 1.29 is 14.6 Å². The Morgan fingerprint density at radius 2 is 1.62 bits per heavy atom. The number of allylic oxidation sites excluding steroid dienone is 2. The molecule has 74 valence electrons. The zero-order chi connectivity index (χ0) is 9.10. The topological polar surface area (TPSA) is 38.7 Å². The lowest BCUT2D eigenvalue weighted by molar-refractivity contribution is -0.0958. The van der Waals surface area contributed by atoms with Crippen molar-refractivity contribution in [1.82, 2.24) is 0 Å². The summed E-state index contributed by atoms with van der Waals surface area (Å²) in [5, 5.41) is 8.89. The van der Waals surface area contributed by atoms with Crippen LogP contribution in [0, 0.1) is 0 Å². The van der Waals surface area contributed by atoms with Gasteiger partial charge in [-0.15, -0.1) is 0 Å². The second-order valence-electron chi connectivity index (χ2n) is 3.59. The highest BCUT2D eigenvalue weighted by atomic mass is 16.7. The van der Waals surface area contributed by atoms with Crippen molar-refractivity contribution in [2.24, 2.45) is 0 Å². The lowest BCUT2D eigenvalue weighted by Crippen LogP contribution is -2.22. The summed E-state index contributed by atoms with van der Waals surface area (Å²) in [7, 11) is 0. The first kappa shape index (κ1) is 9.19. The van der Waals surface area contributed by atoms with E-state index in [1.807, 2.05) is 0 Å². The van der Waals surface area contributed by atoms with E-state index >= 15 is 0 Å². The van der Waals surface area contributed by atoms with Crippen LogP contribution in [0.1, 0.15) is 25.7 Å². The molecule has 2 aliphatic rings. The molecule has 1 saturated heterocycles. The number of rotatable bonds is 1. The number of aliphatic hydroxyl groups excluding tert-OH is 1. The molecule has 2 rings (SSSR count). The highest BCUT2D eigenvalue weighted by Crippen LogP contribution is 2.27. The van der Waals surface area contributed by atoms with Gasteiger partial charge in [0.05, 0.1) is 18.8 Å². The Labute approximate surface area is 78.3 Å². The summed E-state index contributed by atoms with van der Waals surface area (Å²) < 4.78 is 11.1. The van der Waals surface area contributed by atoms with Crippen molar-refractivity contribution in [2.45, 2.75) is 44.2 Å². The summed E-state index contributed by atoms with van der Waals surface area (Å²) in [6.07, 6.45) is 8.55. The summed E-state index contributed by atoms with van der Waals surface area (Å²) in [4.78, 5) is 0. The van der Waals surface area contributed by atoms with Gasteiger partial charge in [0.1, 0.15) is 0 Å². The van der Waals surface area contributed by atoms with Gasteiger partial charge < -0.3 is 14.6 Å². The van der Waals surface area contributed by atoms with E-state index in [9.17, 15) is 0 Å². The number of hydrogen-bond acceptors (Lipinski definition) is 3. The van der Waals surface area contributed by atoms with Crippen LogP contribution in [0.15, 0.2) is 12.2 Å². The zero-order valence-electron chi connectivity index (χ0n) is 7.69. The fourth-order valence-corrected chi connectivity index (χ4v) is 1.95. The van der Waals surface area contributed by atoms with Crippen LogP contribution < -0.4 is 0 Å². The highest BCUT2D eigenvalue weighted by molar-refractivity contribution is 4.90. The van der Waals surface area contributed by atoms with Gasteiger partial charge in [-0.05, 0) is 25.7 Å². The quantitative estimate of drug-likeness (QED) is 0.623. The Kier molecular flexibility index (Phi) is 2.98. The first-order valence-electron chi connectivity index (χ1n) is 4.97. The van der Waals surface area contributed by atoms with E-state index in [-0.39, 0.29) is 25.1 Å². The minimum atomic E-state index is -0.381. The molecule has 13 heavy (non-hydrogen) atoms. The van der Waals surface area contributed by atoms with Crippen LogP contribution in [-0.4, -0.2) is 30.2 Å². The Morgan fingerprint density at radius 3 is 2.08 bits per heavy atom. The number of aliphatic hydroxyl groups is 1. The predicted octanol–water partition coefficient (Wildman–Crippen LogP) is 1.22. The Morgan fingerprint density at radius 1 is 1.08 bits per heavy atom. The van der Waals surface area contributed by atoms with Gasteiger partial charge in [0, 0.05) is 0 Å². The van der Waals surface area contributed by atoms with Gasteiger partial charge in [0.2, 0.25) is 0 Å². The van der Waals surface area contributed by atoms with E-state index in [0.717, 1.165) is 25.7 Å². The molecule has 0 spiro atoms. The Balaban J connectivity index is 1.95. The lowest BCUT2D eigenvalue weighted by atomic mass is 10.0. The van der Waals surface area contributed by atoms with Crippen LogP contribution in [0.25, 0.3) is 0 Å². The van der Waals surface area contributed by atoms with Gasteiger partial charge in [0.15, 0.2) is 6.29 Å². The van der Waals surface area contributed by atoms with E-state index in [0.29, 0.717) is 0 Å². The van der Waals surface area contributed by atoms with Crippen molar-refractivity contribution in [3.05, 3.63) is 12.2 Å². The number of hydrogen-bond donors (Lipinski definition) is 1. The van der Waals surface area contributed by atoms with E-state index in [1.54, 1.807) is 0 Å². The van der Waals surface area contributed by atoms with Crippen molar-refractivity contribution in [3.63, 3.8) is 0 Å². The van der Waals surface area contributed by atoms with Crippen LogP contribution in [0.4, 0.5) is 0 Å². The van der Waals surface area contributed by atoms with Crippen LogP contribution in [0.2, 0.25) is 0 Å². The molecule has 0 amide bonds. The summed E-state index contributed by atoms with van der Waals surface area (Å²) in [5.41, 5.74) is 0. The summed E-state index contributed by atoms with van der Waals surface area (Å²) in [6, 6.07) is 0. The SMILES string of the molecule is OC[C@H]1O[C@H]2CC/C=C/CC[C@H]2O1. The maximum absolute atomic E-state index is 8.89. The molecule has 0 unspecified atom stereocenters. The van der Waals surface area contributed by atoms with Crippen molar-refractivity contribution in [2.75, 3.05) is 6.61 Å². The molecule has 0 aromatic carbocycles. The molecule has 0 radical (unpaired) electrons. The molecular weight excluding hydrogens is 168 g/mol. The monoisotopic (exact) mass is 184 g/mol. The molecule has 1 fully saturated rings. The number of fused-ring (bicyclic) bond motifs is 1. The average Bonchev–Trinajstić information content (AvgIpc) is 2.47. The minimum absolute atomic E-state index is 0.0274. The average molecular weight is 184 g/mol. The zero-order valence-corrected chi connectivity index (χ0v) is 7.69. The Bertz CT molecular complexity index is 173. The molecule has 0 bridgehead atoms. The first-order chi connectivity index (χ1) is 6.40. The standard InChI is InChI=1S/C10H16O3/c11-7-10-12-8-5-3-1-2-4-6-9(8)13-10/h1-2,8-11H,3-7H2/b2-1+/t8-,9+,10-. The molecule has 3 heteroatoms. The molecule has 0 aromatic rings. The maximum atomic E-state index is 8.89. The summed E-state index contributed by atoms with van der Waals surface area (Å²) in [5.74, 6) is 0. The fraction of sp³-hybridized carbons (Fsp3) is 0.800. The smallest absolute Gasteiger partial charge is 0.181 e. The van der Waals surface area contributed by atoms with E-state index in [2.05, 4.69) is 12.2 Å². The van der Waals surface area contributed by atoms with E-state index in [4.69, 9.17) is 14.6 Å². The second-order valence-corrected chi connectivity index (χ2v) is 3.59. The third-order valence-electron chi connectivity index (χ3n) is 2.62.